The number of hydrogen-bond donors (Lipinski definition) is 1. The number of imide groups is 1. The molecule has 7 heteroatoms. The summed E-state index contributed by atoms with van der Waals surface area (Å²) in [6.07, 6.45) is 0.575. The van der Waals surface area contributed by atoms with E-state index in [-0.39, 0.29) is 24.1 Å². The number of hydrogen-bond acceptors (Lipinski definition) is 5. The van der Waals surface area contributed by atoms with Crippen LogP contribution >= 0.6 is 11.6 Å². The van der Waals surface area contributed by atoms with Crippen molar-refractivity contribution in [2.45, 2.75) is 27.2 Å². The van der Waals surface area contributed by atoms with Gasteiger partial charge in [-0.15, -0.1) is 0 Å². The molecule has 1 aliphatic rings. The number of amides is 2. The number of rotatable bonds is 10. The van der Waals surface area contributed by atoms with Crippen molar-refractivity contribution in [3.63, 3.8) is 0 Å². The van der Waals surface area contributed by atoms with E-state index in [1.807, 2.05) is 32.9 Å². The molecular formula is C24H27ClN2O4. The Balaban J connectivity index is 1.94. The molecule has 2 amide bonds. The third-order valence-electron chi connectivity index (χ3n) is 4.94. The summed E-state index contributed by atoms with van der Waals surface area (Å²) in [4.78, 5) is 27.7. The smallest absolute Gasteiger partial charge is 0.278 e. The van der Waals surface area contributed by atoms with E-state index in [0.29, 0.717) is 53.8 Å². The highest BCUT2D eigenvalue weighted by Gasteiger charge is 2.38. The molecule has 164 valence electrons. The average Bonchev–Trinajstić information content (AvgIpc) is 2.98. The van der Waals surface area contributed by atoms with E-state index in [1.165, 1.54) is 4.90 Å². The van der Waals surface area contributed by atoms with Crippen LogP contribution in [0.2, 0.25) is 5.02 Å². The number of carbonyl (C=O) groups excluding carboxylic acids is 2. The molecule has 0 radical (unpaired) electrons. The Morgan fingerprint density at radius 3 is 2.39 bits per heavy atom. The van der Waals surface area contributed by atoms with Crippen LogP contribution in [-0.4, -0.2) is 43.1 Å². The molecule has 0 saturated heterocycles. The van der Waals surface area contributed by atoms with Gasteiger partial charge in [0.05, 0.1) is 12.2 Å². The monoisotopic (exact) mass is 442 g/mol. The summed E-state index contributed by atoms with van der Waals surface area (Å²) in [6, 6.07) is 12.6. The van der Waals surface area contributed by atoms with Gasteiger partial charge >= 0.3 is 0 Å². The van der Waals surface area contributed by atoms with Gasteiger partial charge in [-0.2, -0.15) is 0 Å². The Kier molecular flexibility index (Phi) is 7.71. The Morgan fingerprint density at radius 2 is 1.74 bits per heavy atom. The second kappa shape index (κ2) is 10.5. The molecule has 3 rings (SSSR count). The number of nitrogens with zero attached hydrogens (tertiary/aromatic N) is 1. The summed E-state index contributed by atoms with van der Waals surface area (Å²) in [5.74, 6) is 0.0190. The Labute approximate surface area is 187 Å². The maximum atomic E-state index is 13.2. The molecule has 0 bridgehead atoms. The van der Waals surface area contributed by atoms with Gasteiger partial charge in [0.1, 0.15) is 11.4 Å². The van der Waals surface area contributed by atoms with Gasteiger partial charge in [0, 0.05) is 30.5 Å². The normalized spacial score (nSPS) is 13.9. The van der Waals surface area contributed by atoms with Crippen molar-refractivity contribution in [1.82, 2.24) is 4.90 Å². The topological polar surface area (TPSA) is 67.9 Å². The van der Waals surface area contributed by atoms with Crippen LogP contribution in [-0.2, 0) is 14.3 Å². The zero-order valence-corrected chi connectivity index (χ0v) is 18.8. The Morgan fingerprint density at radius 1 is 1.00 bits per heavy atom. The summed E-state index contributed by atoms with van der Waals surface area (Å²) in [7, 11) is 0. The molecule has 1 aliphatic heterocycles. The highest BCUT2D eigenvalue weighted by molar-refractivity contribution is 6.36. The highest BCUT2D eigenvalue weighted by atomic mass is 35.5. The first-order valence-electron chi connectivity index (χ1n) is 10.4. The molecule has 0 aliphatic carbocycles. The van der Waals surface area contributed by atoms with E-state index >= 15 is 0 Å². The number of aryl methyl sites for hydroxylation is 1. The zero-order valence-electron chi connectivity index (χ0n) is 18.0. The van der Waals surface area contributed by atoms with Crippen molar-refractivity contribution >= 4 is 34.7 Å². The molecule has 0 fully saturated rings. The van der Waals surface area contributed by atoms with Crippen molar-refractivity contribution in [2.75, 3.05) is 31.7 Å². The standard InChI is InChI=1S/C24H27ClN2O4/c1-4-30-14-6-13-27-23(28)21(17-8-11-19(12-9-17)31-5-2)22(24(27)29)26-18-10-7-16(3)20(25)15-18/h7-12,15,26H,4-6,13-14H2,1-3H3. The predicted molar refractivity (Wildman–Crippen MR) is 122 cm³/mol. The van der Waals surface area contributed by atoms with Crippen LogP contribution in [0.25, 0.3) is 5.57 Å². The fraction of sp³-hybridized carbons (Fsp3) is 0.333. The van der Waals surface area contributed by atoms with Crippen molar-refractivity contribution in [1.29, 1.82) is 0 Å². The SMILES string of the molecule is CCOCCCN1C(=O)C(Nc2ccc(C)c(Cl)c2)=C(c2ccc(OCC)cc2)C1=O. The molecule has 2 aromatic rings. The van der Waals surface area contributed by atoms with Crippen molar-refractivity contribution in [3.8, 4) is 5.75 Å². The number of ether oxygens (including phenoxy) is 2. The van der Waals surface area contributed by atoms with E-state index in [2.05, 4.69) is 5.32 Å². The van der Waals surface area contributed by atoms with Crippen LogP contribution in [0.3, 0.4) is 0 Å². The van der Waals surface area contributed by atoms with Crippen LogP contribution in [0.1, 0.15) is 31.4 Å². The fourth-order valence-corrected chi connectivity index (χ4v) is 3.51. The number of benzene rings is 2. The molecule has 6 nitrogen and oxygen atoms in total. The Bertz CT molecular complexity index is 986. The van der Waals surface area contributed by atoms with E-state index in [0.717, 1.165) is 5.56 Å². The van der Waals surface area contributed by atoms with Gasteiger partial charge in [-0.25, -0.2) is 0 Å². The molecule has 0 saturated carbocycles. The lowest BCUT2D eigenvalue weighted by molar-refractivity contribution is -0.137. The lowest BCUT2D eigenvalue weighted by Gasteiger charge is -2.15. The molecular weight excluding hydrogens is 416 g/mol. The van der Waals surface area contributed by atoms with E-state index in [9.17, 15) is 9.59 Å². The summed E-state index contributed by atoms with van der Waals surface area (Å²) in [6.45, 7) is 7.64. The number of halogens is 1. The van der Waals surface area contributed by atoms with E-state index in [1.54, 1.807) is 30.3 Å². The molecule has 1 heterocycles. The summed E-state index contributed by atoms with van der Waals surface area (Å²) < 4.78 is 10.8. The second-order valence-corrected chi connectivity index (χ2v) is 7.52. The summed E-state index contributed by atoms with van der Waals surface area (Å²) >= 11 is 6.25. The molecule has 31 heavy (non-hydrogen) atoms. The van der Waals surface area contributed by atoms with Crippen LogP contribution in [0, 0.1) is 6.92 Å². The quantitative estimate of drug-likeness (QED) is 0.428. The van der Waals surface area contributed by atoms with Gasteiger partial charge < -0.3 is 14.8 Å². The second-order valence-electron chi connectivity index (χ2n) is 7.11. The first-order valence-corrected chi connectivity index (χ1v) is 10.8. The lowest BCUT2D eigenvalue weighted by Crippen LogP contribution is -2.34. The average molecular weight is 443 g/mol. The lowest BCUT2D eigenvalue weighted by atomic mass is 10.0. The Hall–Kier alpha value is -2.83. The molecule has 0 atom stereocenters. The van der Waals surface area contributed by atoms with E-state index in [4.69, 9.17) is 21.1 Å². The molecule has 0 aromatic heterocycles. The third kappa shape index (κ3) is 5.27. The molecule has 2 aromatic carbocycles. The van der Waals surface area contributed by atoms with Crippen LogP contribution in [0.15, 0.2) is 48.2 Å². The number of carbonyl (C=O) groups is 2. The van der Waals surface area contributed by atoms with Crippen molar-refractivity contribution in [2.24, 2.45) is 0 Å². The molecule has 1 N–H and O–H groups in total. The first-order chi connectivity index (χ1) is 15.0. The van der Waals surface area contributed by atoms with Gasteiger partial charge in [-0.1, -0.05) is 29.8 Å². The summed E-state index contributed by atoms with van der Waals surface area (Å²) in [5.41, 5.74) is 2.80. The van der Waals surface area contributed by atoms with Crippen LogP contribution < -0.4 is 10.1 Å². The van der Waals surface area contributed by atoms with Gasteiger partial charge in [0.15, 0.2) is 0 Å². The molecule has 0 unspecified atom stereocenters. The number of anilines is 1. The fourth-order valence-electron chi connectivity index (χ4n) is 3.33. The zero-order chi connectivity index (χ0) is 22.4. The maximum absolute atomic E-state index is 13.2. The van der Waals surface area contributed by atoms with Crippen LogP contribution in [0.4, 0.5) is 5.69 Å². The highest BCUT2D eigenvalue weighted by Crippen LogP contribution is 2.32. The minimum absolute atomic E-state index is 0.241. The first kappa shape index (κ1) is 22.8. The minimum Gasteiger partial charge on any atom is -0.494 e. The van der Waals surface area contributed by atoms with Gasteiger partial charge in [0.25, 0.3) is 11.8 Å². The van der Waals surface area contributed by atoms with Gasteiger partial charge in [-0.05, 0) is 62.6 Å². The summed E-state index contributed by atoms with van der Waals surface area (Å²) in [5, 5.41) is 3.71. The van der Waals surface area contributed by atoms with Gasteiger partial charge in [-0.3, -0.25) is 14.5 Å². The van der Waals surface area contributed by atoms with Crippen molar-refractivity contribution < 1.29 is 19.1 Å². The third-order valence-corrected chi connectivity index (χ3v) is 5.34. The predicted octanol–water partition coefficient (Wildman–Crippen LogP) is 4.67. The van der Waals surface area contributed by atoms with Crippen LogP contribution in [0.5, 0.6) is 5.75 Å². The maximum Gasteiger partial charge on any atom is 0.278 e. The van der Waals surface area contributed by atoms with Crippen molar-refractivity contribution in [3.05, 3.63) is 64.3 Å². The largest absolute Gasteiger partial charge is 0.494 e. The number of nitrogens with one attached hydrogen (secondary N) is 1. The minimum atomic E-state index is -0.359. The van der Waals surface area contributed by atoms with E-state index < -0.39 is 0 Å². The van der Waals surface area contributed by atoms with Gasteiger partial charge in [0.2, 0.25) is 0 Å². The molecule has 0 spiro atoms.